The molecule has 1 rings (SSSR count). The minimum atomic E-state index is -3.23. The third-order valence-electron chi connectivity index (χ3n) is 2.98. The maximum atomic E-state index is 11.7. The summed E-state index contributed by atoms with van der Waals surface area (Å²) in [5.74, 6) is 0. The van der Waals surface area contributed by atoms with Gasteiger partial charge in [-0.2, -0.15) is 0 Å². The number of hydrogen-bond acceptors (Lipinski definition) is 3. The molecule has 3 nitrogen and oxygen atoms in total. The maximum absolute atomic E-state index is 11.7. The predicted octanol–water partition coefficient (Wildman–Crippen LogP) is 3.41. The molecule has 1 aromatic carbocycles. The zero-order valence-corrected chi connectivity index (χ0v) is 13.1. The fraction of sp³-hybridized carbons (Fsp3) is 0.571. The average Bonchev–Trinajstić information content (AvgIpc) is 2.33. The van der Waals surface area contributed by atoms with Gasteiger partial charge in [-0.15, -0.1) is 0 Å². The second-order valence-electron chi connectivity index (χ2n) is 4.73. The minimum absolute atomic E-state index is 0.320. The summed E-state index contributed by atoms with van der Waals surface area (Å²) in [6, 6.07) is 5.00. The van der Waals surface area contributed by atoms with Gasteiger partial charge >= 0.3 is 0 Å². The Hall–Kier alpha value is -0.580. The second-order valence-corrected chi connectivity index (χ2v) is 7.12. The number of hydrogen-bond donors (Lipinski definition) is 1. The lowest BCUT2D eigenvalue weighted by Crippen LogP contribution is -2.17. The SMILES string of the molecule is CCCCCCNCc1c(Cl)cccc1S(C)(=O)=O. The van der Waals surface area contributed by atoms with E-state index in [0.717, 1.165) is 13.0 Å². The van der Waals surface area contributed by atoms with Crippen LogP contribution in [0.15, 0.2) is 23.1 Å². The quantitative estimate of drug-likeness (QED) is 0.749. The molecule has 0 aliphatic rings. The van der Waals surface area contributed by atoms with Gasteiger partial charge in [-0.3, -0.25) is 0 Å². The lowest BCUT2D eigenvalue weighted by Gasteiger charge is -2.11. The Morgan fingerprint density at radius 2 is 1.95 bits per heavy atom. The largest absolute Gasteiger partial charge is 0.313 e. The molecule has 0 saturated heterocycles. The Bertz CT molecular complexity index is 500. The van der Waals surface area contributed by atoms with Crippen molar-refractivity contribution in [3.63, 3.8) is 0 Å². The predicted molar refractivity (Wildman–Crippen MR) is 80.4 cm³/mol. The normalized spacial score (nSPS) is 11.7. The van der Waals surface area contributed by atoms with E-state index in [2.05, 4.69) is 12.2 Å². The van der Waals surface area contributed by atoms with Crippen LogP contribution in [-0.2, 0) is 16.4 Å². The lowest BCUT2D eigenvalue weighted by molar-refractivity contribution is 0.587. The van der Waals surface area contributed by atoms with Crippen molar-refractivity contribution in [3.05, 3.63) is 28.8 Å². The number of rotatable bonds is 8. The first-order chi connectivity index (χ1) is 8.96. The van der Waals surface area contributed by atoms with Gasteiger partial charge in [0.05, 0.1) is 4.90 Å². The Morgan fingerprint density at radius 3 is 2.58 bits per heavy atom. The molecule has 5 heteroatoms. The van der Waals surface area contributed by atoms with Crippen LogP contribution in [-0.4, -0.2) is 21.2 Å². The first-order valence-electron chi connectivity index (χ1n) is 6.65. The molecular formula is C14H22ClNO2S. The first kappa shape index (κ1) is 16.5. The summed E-state index contributed by atoms with van der Waals surface area (Å²) in [6.45, 7) is 3.55. The summed E-state index contributed by atoms with van der Waals surface area (Å²) in [5, 5.41) is 3.77. The molecule has 19 heavy (non-hydrogen) atoms. The summed E-state index contributed by atoms with van der Waals surface area (Å²) in [6.07, 6.45) is 5.96. The van der Waals surface area contributed by atoms with E-state index in [1.54, 1.807) is 18.2 Å². The third kappa shape index (κ3) is 5.51. The van der Waals surface area contributed by atoms with Crippen LogP contribution in [0.25, 0.3) is 0 Å². The molecule has 0 radical (unpaired) electrons. The Morgan fingerprint density at radius 1 is 1.21 bits per heavy atom. The first-order valence-corrected chi connectivity index (χ1v) is 8.92. The van der Waals surface area contributed by atoms with Crippen LogP contribution in [0.5, 0.6) is 0 Å². The van der Waals surface area contributed by atoms with E-state index in [0.29, 0.717) is 22.0 Å². The molecule has 0 amide bonds. The Kier molecular flexibility index (Phi) is 6.83. The summed E-state index contributed by atoms with van der Waals surface area (Å²) in [7, 11) is -3.23. The molecular weight excluding hydrogens is 282 g/mol. The topological polar surface area (TPSA) is 46.2 Å². The van der Waals surface area contributed by atoms with Gasteiger partial charge in [-0.25, -0.2) is 8.42 Å². The number of nitrogens with one attached hydrogen (secondary N) is 1. The van der Waals surface area contributed by atoms with Crippen molar-refractivity contribution < 1.29 is 8.42 Å². The van der Waals surface area contributed by atoms with Crippen LogP contribution in [0.1, 0.15) is 38.2 Å². The lowest BCUT2D eigenvalue weighted by atomic mass is 10.2. The molecule has 1 aromatic rings. The third-order valence-corrected chi connectivity index (χ3v) is 4.52. The highest BCUT2D eigenvalue weighted by molar-refractivity contribution is 7.90. The van der Waals surface area contributed by atoms with Gasteiger partial charge in [-0.1, -0.05) is 43.9 Å². The molecule has 0 atom stereocenters. The van der Waals surface area contributed by atoms with Crippen molar-refractivity contribution in [2.45, 2.75) is 44.0 Å². The van der Waals surface area contributed by atoms with E-state index < -0.39 is 9.84 Å². The zero-order valence-electron chi connectivity index (χ0n) is 11.6. The standard InChI is InChI=1S/C14H22ClNO2S/c1-3-4-5-6-10-16-11-12-13(15)8-7-9-14(12)19(2,17)18/h7-9,16H,3-6,10-11H2,1-2H3. The molecule has 0 aromatic heterocycles. The molecule has 0 heterocycles. The van der Waals surface area contributed by atoms with Crippen LogP contribution < -0.4 is 5.32 Å². The number of sulfone groups is 1. The number of unbranched alkanes of at least 4 members (excludes halogenated alkanes) is 3. The molecule has 0 aliphatic carbocycles. The molecule has 0 saturated carbocycles. The molecule has 0 bridgehead atoms. The fourth-order valence-corrected chi connectivity index (χ4v) is 3.20. The molecule has 1 N–H and O–H groups in total. The van der Waals surface area contributed by atoms with E-state index in [1.165, 1.54) is 25.5 Å². The van der Waals surface area contributed by atoms with Crippen molar-refractivity contribution in [1.29, 1.82) is 0 Å². The van der Waals surface area contributed by atoms with Gasteiger partial charge in [0.1, 0.15) is 0 Å². The highest BCUT2D eigenvalue weighted by Crippen LogP contribution is 2.23. The van der Waals surface area contributed by atoms with Crippen LogP contribution in [0.4, 0.5) is 0 Å². The number of halogens is 1. The van der Waals surface area contributed by atoms with Crippen molar-refractivity contribution in [2.24, 2.45) is 0 Å². The van der Waals surface area contributed by atoms with Gasteiger partial charge in [0.2, 0.25) is 0 Å². The summed E-state index contributed by atoms with van der Waals surface area (Å²) in [5.41, 5.74) is 0.669. The van der Waals surface area contributed by atoms with Crippen molar-refractivity contribution >= 4 is 21.4 Å². The minimum Gasteiger partial charge on any atom is -0.313 e. The smallest absolute Gasteiger partial charge is 0.175 e. The van der Waals surface area contributed by atoms with Crippen molar-refractivity contribution in [3.8, 4) is 0 Å². The maximum Gasteiger partial charge on any atom is 0.175 e. The van der Waals surface area contributed by atoms with Gasteiger partial charge in [0.15, 0.2) is 9.84 Å². The highest BCUT2D eigenvalue weighted by atomic mass is 35.5. The van der Waals surface area contributed by atoms with Crippen LogP contribution in [0.2, 0.25) is 5.02 Å². The second kappa shape index (κ2) is 7.88. The van der Waals surface area contributed by atoms with Gasteiger partial charge in [-0.05, 0) is 25.1 Å². The fourth-order valence-electron chi connectivity index (χ4n) is 1.95. The van der Waals surface area contributed by atoms with E-state index in [1.807, 2.05) is 0 Å². The molecule has 0 spiro atoms. The summed E-state index contributed by atoms with van der Waals surface area (Å²) < 4.78 is 23.4. The van der Waals surface area contributed by atoms with E-state index in [4.69, 9.17) is 11.6 Å². The molecule has 108 valence electrons. The van der Waals surface area contributed by atoms with E-state index >= 15 is 0 Å². The Labute approximate surface area is 121 Å². The van der Waals surface area contributed by atoms with Crippen LogP contribution in [0.3, 0.4) is 0 Å². The van der Waals surface area contributed by atoms with E-state index in [-0.39, 0.29) is 0 Å². The summed E-state index contributed by atoms with van der Waals surface area (Å²) >= 11 is 6.09. The highest BCUT2D eigenvalue weighted by Gasteiger charge is 2.15. The van der Waals surface area contributed by atoms with Crippen LogP contribution in [0, 0.1) is 0 Å². The van der Waals surface area contributed by atoms with Crippen molar-refractivity contribution in [1.82, 2.24) is 5.32 Å². The molecule has 0 fully saturated rings. The average molecular weight is 304 g/mol. The van der Waals surface area contributed by atoms with Crippen LogP contribution >= 0.6 is 11.6 Å². The molecule has 0 aliphatic heterocycles. The van der Waals surface area contributed by atoms with E-state index in [9.17, 15) is 8.42 Å². The van der Waals surface area contributed by atoms with Gasteiger partial charge in [0.25, 0.3) is 0 Å². The number of benzene rings is 1. The van der Waals surface area contributed by atoms with Crippen molar-refractivity contribution in [2.75, 3.05) is 12.8 Å². The summed E-state index contributed by atoms with van der Waals surface area (Å²) in [4.78, 5) is 0.320. The Balaban J connectivity index is 2.63. The van der Waals surface area contributed by atoms with Gasteiger partial charge in [0, 0.05) is 23.4 Å². The van der Waals surface area contributed by atoms with Gasteiger partial charge < -0.3 is 5.32 Å². The molecule has 0 unspecified atom stereocenters. The monoisotopic (exact) mass is 303 g/mol. The zero-order chi connectivity index (χ0) is 14.3.